The first-order valence-corrected chi connectivity index (χ1v) is 8.53. The molecule has 25 heavy (non-hydrogen) atoms. The third-order valence-electron chi connectivity index (χ3n) is 3.63. The van der Waals surface area contributed by atoms with Crippen molar-refractivity contribution in [2.75, 3.05) is 0 Å². The van der Waals surface area contributed by atoms with E-state index in [9.17, 15) is 0 Å². The maximum absolute atomic E-state index is 2.99. The third-order valence-corrected chi connectivity index (χ3v) is 5.04. The summed E-state index contributed by atoms with van der Waals surface area (Å²) >= 11 is 0. The number of aryl methyl sites for hydroxylation is 1. The van der Waals surface area contributed by atoms with E-state index in [-0.39, 0.29) is 46.5 Å². The minimum atomic E-state index is 0. The van der Waals surface area contributed by atoms with Gasteiger partial charge in [-0.05, 0) is 17.8 Å². The summed E-state index contributed by atoms with van der Waals surface area (Å²) in [6.07, 6.45) is 10.0. The predicted octanol–water partition coefficient (Wildman–Crippen LogP) is -1.19. The van der Waals surface area contributed by atoms with Crippen LogP contribution in [0.2, 0.25) is 0 Å². The maximum Gasteiger partial charge on any atom is 4.00 e. The molecular weight excluding hydrogens is 402 g/mol. The van der Waals surface area contributed by atoms with Crippen LogP contribution in [0.1, 0.15) is 12.0 Å². The summed E-state index contributed by atoms with van der Waals surface area (Å²) in [5.74, 6) is 0. The van der Waals surface area contributed by atoms with E-state index in [4.69, 9.17) is 0 Å². The van der Waals surface area contributed by atoms with Crippen molar-refractivity contribution in [2.45, 2.75) is 13.3 Å². The molecule has 0 saturated heterocycles. The van der Waals surface area contributed by atoms with Gasteiger partial charge in [0.2, 0.25) is 0 Å². The maximum atomic E-state index is 2.99. The molecule has 0 amide bonds. The number of hydrogen-bond acceptors (Lipinski definition) is 0. The van der Waals surface area contributed by atoms with Crippen molar-refractivity contribution < 1.29 is 46.5 Å². The van der Waals surface area contributed by atoms with Crippen LogP contribution in [0.15, 0.2) is 78.9 Å². The van der Waals surface area contributed by atoms with E-state index in [0.717, 1.165) is 15.0 Å². The first kappa shape index (κ1) is 24.3. The van der Waals surface area contributed by atoms with Crippen LogP contribution in [-0.4, -0.2) is 0 Å². The smallest absolute Gasteiger partial charge is 1.00 e. The molecule has 0 aliphatic heterocycles. The Kier molecular flexibility index (Phi) is 12.2. The summed E-state index contributed by atoms with van der Waals surface area (Å²) in [6, 6.07) is 21.8. The summed E-state index contributed by atoms with van der Waals surface area (Å²) in [7, 11) is 0.759. The average molecular weight is 421 g/mol. The summed E-state index contributed by atoms with van der Waals surface area (Å²) in [6.45, 7) is 2.19. The molecule has 126 valence electrons. The Hall–Kier alpha value is -0.746. The van der Waals surface area contributed by atoms with Crippen molar-refractivity contribution in [3.8, 4) is 0 Å². The number of hydrogen-bond donors (Lipinski definition) is 0. The van der Waals surface area contributed by atoms with Crippen molar-refractivity contribution in [3.05, 3.63) is 90.5 Å². The Balaban J connectivity index is 0.000000630. The van der Waals surface area contributed by atoms with Crippen molar-refractivity contribution >= 4 is 30.0 Å². The van der Waals surface area contributed by atoms with E-state index < -0.39 is 0 Å². The number of halogens is 2. The Labute approximate surface area is 179 Å². The van der Waals surface area contributed by atoms with Gasteiger partial charge in [-0.1, -0.05) is 38.9 Å². The number of rotatable bonds is 2. The summed E-state index contributed by atoms with van der Waals surface area (Å²) in [5.41, 5.74) is 1.39. The molecule has 0 aromatic heterocycles. The fourth-order valence-corrected chi connectivity index (χ4v) is 3.66. The molecule has 0 nitrogen and oxygen atoms in total. The van der Waals surface area contributed by atoms with Gasteiger partial charge in [-0.25, -0.2) is 12.2 Å². The standard InChI is InChI=1S/C16H14P.C5H5.2ClH.Ti/c1-12-6-2-5-9-16(12)17-15-10-13-7-3-4-8-14(13)11-15;1-2-4-5-3-1;;;/h2-11,17H,1H3;1-3H,4H2;2*1H;/q2*-1;;;+4/p-2. The zero-order valence-electron chi connectivity index (χ0n) is 14.0. The second-order valence-corrected chi connectivity index (χ2v) is 6.68. The summed E-state index contributed by atoms with van der Waals surface area (Å²) < 4.78 is 0. The molecule has 3 aromatic carbocycles. The second kappa shape index (κ2) is 12.6. The monoisotopic (exact) mass is 420 g/mol. The van der Waals surface area contributed by atoms with Gasteiger partial charge in [-0.3, -0.25) is 6.08 Å². The van der Waals surface area contributed by atoms with Gasteiger partial charge in [-0.15, -0.1) is 46.8 Å². The normalized spacial score (nSPS) is 11.4. The molecule has 0 radical (unpaired) electrons. The van der Waals surface area contributed by atoms with Gasteiger partial charge in [0.05, 0.1) is 0 Å². The van der Waals surface area contributed by atoms with Crippen LogP contribution in [0.3, 0.4) is 0 Å². The van der Waals surface area contributed by atoms with E-state index in [2.05, 4.69) is 79.7 Å². The zero-order chi connectivity index (χ0) is 15.2. The van der Waals surface area contributed by atoms with Crippen molar-refractivity contribution in [1.29, 1.82) is 0 Å². The molecule has 0 saturated carbocycles. The molecule has 1 aliphatic carbocycles. The Bertz CT molecular complexity index is 778. The first-order valence-electron chi connectivity index (χ1n) is 7.53. The second-order valence-electron chi connectivity index (χ2n) is 5.32. The van der Waals surface area contributed by atoms with Gasteiger partial charge >= 0.3 is 21.7 Å². The fourth-order valence-electron chi connectivity index (χ4n) is 2.43. The SMILES string of the molecule is Cc1ccccc1Pc1cc2ccccc2[cH-]1.[C-]1=CC=CC1.[Cl-].[Cl-].[Ti+4]. The van der Waals surface area contributed by atoms with E-state index in [1.54, 1.807) is 0 Å². The van der Waals surface area contributed by atoms with Crippen LogP contribution in [0.5, 0.6) is 0 Å². The topological polar surface area (TPSA) is 0 Å². The summed E-state index contributed by atoms with van der Waals surface area (Å²) in [4.78, 5) is 0. The fraction of sp³-hybridized carbons (Fsp3) is 0.0952. The Morgan fingerprint density at radius 3 is 2.32 bits per heavy atom. The molecule has 1 atom stereocenters. The van der Waals surface area contributed by atoms with E-state index in [0.29, 0.717) is 0 Å². The van der Waals surface area contributed by atoms with Crippen LogP contribution < -0.4 is 35.4 Å². The molecule has 1 unspecified atom stereocenters. The molecule has 0 fully saturated rings. The predicted molar refractivity (Wildman–Crippen MR) is 99.9 cm³/mol. The molecule has 4 heteroatoms. The Morgan fingerprint density at radius 1 is 1.00 bits per heavy atom. The molecule has 1 aliphatic rings. The van der Waals surface area contributed by atoms with Gasteiger partial charge in [0, 0.05) is 0 Å². The van der Waals surface area contributed by atoms with Crippen LogP contribution in [0, 0.1) is 13.0 Å². The minimum Gasteiger partial charge on any atom is -1.00 e. The largest absolute Gasteiger partial charge is 4.00 e. The number of fused-ring (bicyclic) bond motifs is 1. The molecule has 0 spiro atoms. The van der Waals surface area contributed by atoms with E-state index in [1.807, 2.05) is 12.2 Å². The van der Waals surface area contributed by atoms with Crippen molar-refractivity contribution in [1.82, 2.24) is 0 Å². The number of allylic oxidation sites excluding steroid dienone is 4. The molecule has 0 bridgehead atoms. The third kappa shape index (κ3) is 7.18. The molecule has 4 rings (SSSR count). The van der Waals surface area contributed by atoms with Gasteiger partial charge < -0.3 is 24.8 Å². The first-order chi connectivity index (χ1) is 10.8. The molecule has 3 aromatic rings. The molecule has 0 heterocycles. The summed E-state index contributed by atoms with van der Waals surface area (Å²) in [5, 5.41) is 5.58. The van der Waals surface area contributed by atoms with E-state index in [1.165, 1.54) is 26.9 Å². The zero-order valence-corrected chi connectivity index (χ0v) is 18.0. The van der Waals surface area contributed by atoms with Crippen LogP contribution >= 0.6 is 8.58 Å². The van der Waals surface area contributed by atoms with E-state index >= 15 is 0 Å². The quantitative estimate of drug-likeness (QED) is 0.278. The van der Waals surface area contributed by atoms with Gasteiger partial charge in [0.15, 0.2) is 0 Å². The van der Waals surface area contributed by atoms with Crippen molar-refractivity contribution in [3.63, 3.8) is 0 Å². The molecular formula is C21H19Cl2PTi. The van der Waals surface area contributed by atoms with Crippen LogP contribution in [0.4, 0.5) is 0 Å². The van der Waals surface area contributed by atoms with Crippen molar-refractivity contribution in [2.24, 2.45) is 0 Å². The minimum absolute atomic E-state index is 0. The van der Waals surface area contributed by atoms with Crippen LogP contribution in [-0.2, 0) is 21.7 Å². The Morgan fingerprint density at radius 2 is 1.72 bits per heavy atom. The molecule has 0 N–H and O–H groups in total. The van der Waals surface area contributed by atoms with Gasteiger partial charge in [0.25, 0.3) is 0 Å². The van der Waals surface area contributed by atoms with Crippen LogP contribution in [0.25, 0.3) is 10.8 Å². The average Bonchev–Trinajstić information content (AvgIpc) is 3.21. The van der Waals surface area contributed by atoms with Gasteiger partial charge in [0.1, 0.15) is 0 Å². The van der Waals surface area contributed by atoms with Gasteiger partial charge in [-0.2, -0.15) is 12.1 Å². The number of benzene rings is 2.